The van der Waals surface area contributed by atoms with Gasteiger partial charge in [-0.25, -0.2) is 4.98 Å². The summed E-state index contributed by atoms with van der Waals surface area (Å²) in [6.07, 6.45) is 1.92. The molecular weight excluding hydrogens is 988 g/mol. The minimum Gasteiger partial charge on any atom is -0.503 e. The Hall–Kier alpha value is -5.77. The number of aryl methyl sites for hydroxylation is 5. The maximum absolute atomic E-state index is 7.01. The van der Waals surface area contributed by atoms with Gasteiger partial charge in [0.05, 0.1) is 16.9 Å². The predicted octanol–water partition coefficient (Wildman–Crippen LogP) is 15.1. The number of ether oxygens (including phenoxy) is 1. The Labute approximate surface area is 408 Å². The standard InChI is InChI=1S/C60H62N4O.Pt/c1-38-32-41(4)55(42(5)33-38)64-56(62-60(13,59(64,11)12)54(43-22-16-14-17-23-43)44-24-18-15-19-25-44)47-37-52(40(3)34-39(47)2)65-46-28-29-49-51(36-46)63(50-27-21-20-26-48(50)58(49,9)10)53-35-45(30-31-61-53)57(6,7)8;/h14-35,54H,1-13H3;/q-2;+2/t60-;/m1./s1. The van der Waals surface area contributed by atoms with E-state index in [9.17, 15) is 0 Å². The van der Waals surface area contributed by atoms with Crippen molar-refractivity contribution >= 4 is 28.7 Å². The van der Waals surface area contributed by atoms with Crippen molar-refractivity contribution in [3.05, 3.63) is 207 Å². The van der Waals surface area contributed by atoms with Gasteiger partial charge in [-0.3, -0.25) is 0 Å². The molecule has 0 fully saturated rings. The minimum atomic E-state index is -0.627. The minimum absolute atomic E-state index is 0. The Morgan fingerprint density at radius 3 is 1.86 bits per heavy atom. The van der Waals surface area contributed by atoms with E-state index in [0.29, 0.717) is 11.5 Å². The largest absolute Gasteiger partial charge is 2.00 e. The van der Waals surface area contributed by atoms with Gasteiger partial charge in [-0.1, -0.05) is 162 Å². The molecule has 5 nitrogen and oxygen atoms in total. The van der Waals surface area contributed by atoms with Gasteiger partial charge in [0.15, 0.2) is 0 Å². The molecule has 0 bridgehead atoms. The van der Waals surface area contributed by atoms with E-state index in [-0.39, 0.29) is 37.8 Å². The van der Waals surface area contributed by atoms with E-state index in [1.807, 2.05) is 6.20 Å². The molecule has 0 N–H and O–H groups in total. The average Bonchev–Trinajstić information content (AvgIpc) is 3.46. The monoisotopic (exact) mass is 1050 g/mol. The molecule has 0 radical (unpaired) electrons. The Morgan fingerprint density at radius 1 is 0.636 bits per heavy atom. The van der Waals surface area contributed by atoms with Crippen molar-refractivity contribution in [2.75, 3.05) is 9.80 Å². The van der Waals surface area contributed by atoms with Crippen molar-refractivity contribution in [1.82, 2.24) is 4.98 Å². The first-order chi connectivity index (χ1) is 30.8. The molecule has 7 aromatic rings. The number of fused-ring (bicyclic) bond motifs is 2. The van der Waals surface area contributed by atoms with Crippen LogP contribution in [0.1, 0.15) is 123 Å². The van der Waals surface area contributed by atoms with Gasteiger partial charge < -0.3 is 19.5 Å². The SMILES string of the molecule is Cc1cc(C)c(N2C(c3[c-]c(Oc4[c-]c5c(cc4)C(C)(C)c4ccccc4N5c4cc(C(C)(C)C)ccn4)c(C)cc3C)=N[C@](C)(C(c3ccccc3)c3ccccc3)C2(C)C)c(C)c1.[Pt+2]. The summed E-state index contributed by atoms with van der Waals surface area (Å²) in [5, 5.41) is 0. The Kier molecular flexibility index (Phi) is 12.1. The van der Waals surface area contributed by atoms with Crippen molar-refractivity contribution in [3.63, 3.8) is 0 Å². The van der Waals surface area contributed by atoms with Gasteiger partial charge in [-0.05, 0) is 104 Å². The van der Waals surface area contributed by atoms with Crippen molar-refractivity contribution in [1.29, 1.82) is 0 Å². The zero-order valence-corrected chi connectivity index (χ0v) is 43.1. The fraction of sp³-hybridized carbons (Fsp3) is 0.300. The molecule has 0 saturated carbocycles. The average molecular weight is 1050 g/mol. The number of anilines is 4. The summed E-state index contributed by atoms with van der Waals surface area (Å²) in [5.74, 6) is 2.94. The zero-order chi connectivity index (χ0) is 46.2. The van der Waals surface area contributed by atoms with Gasteiger partial charge in [0.1, 0.15) is 5.82 Å². The second-order valence-corrected chi connectivity index (χ2v) is 20.6. The molecule has 1 atom stereocenters. The molecule has 6 heteroatoms. The maximum atomic E-state index is 7.01. The second kappa shape index (κ2) is 17.1. The first kappa shape index (κ1) is 46.7. The smallest absolute Gasteiger partial charge is 0.503 e. The number of aliphatic imine (C=N–C) groups is 1. The van der Waals surface area contributed by atoms with Crippen molar-refractivity contribution in [2.24, 2.45) is 4.99 Å². The van der Waals surface area contributed by atoms with Crippen LogP contribution >= 0.6 is 0 Å². The summed E-state index contributed by atoms with van der Waals surface area (Å²) in [4.78, 5) is 15.7. The summed E-state index contributed by atoms with van der Waals surface area (Å²) in [5.41, 5.74) is 14.5. The van der Waals surface area contributed by atoms with Crippen LogP contribution in [0.25, 0.3) is 0 Å². The second-order valence-electron chi connectivity index (χ2n) is 20.6. The maximum Gasteiger partial charge on any atom is 2.00 e. The van der Waals surface area contributed by atoms with E-state index in [1.165, 1.54) is 44.6 Å². The van der Waals surface area contributed by atoms with Gasteiger partial charge in [0, 0.05) is 35.0 Å². The number of hydrogen-bond acceptors (Lipinski definition) is 5. The number of hydrogen-bond donors (Lipinski definition) is 0. The Morgan fingerprint density at radius 2 is 1.24 bits per heavy atom. The topological polar surface area (TPSA) is 41.0 Å². The summed E-state index contributed by atoms with van der Waals surface area (Å²) in [7, 11) is 0. The number of nitrogens with zero attached hydrogens (tertiary/aromatic N) is 4. The van der Waals surface area contributed by atoms with E-state index >= 15 is 0 Å². The molecule has 0 amide bonds. The molecule has 6 aromatic carbocycles. The van der Waals surface area contributed by atoms with Crippen LogP contribution in [0.5, 0.6) is 11.5 Å². The summed E-state index contributed by atoms with van der Waals surface area (Å²) < 4.78 is 7.01. The third-order valence-corrected chi connectivity index (χ3v) is 14.3. The summed E-state index contributed by atoms with van der Waals surface area (Å²) in [6.45, 7) is 29.3. The van der Waals surface area contributed by atoms with Gasteiger partial charge in [-0.2, -0.15) is 6.07 Å². The zero-order valence-electron chi connectivity index (χ0n) is 40.8. The van der Waals surface area contributed by atoms with Crippen LogP contribution in [0, 0.1) is 46.8 Å². The summed E-state index contributed by atoms with van der Waals surface area (Å²) in [6, 6.07) is 53.5. The van der Waals surface area contributed by atoms with Gasteiger partial charge >= 0.3 is 21.1 Å². The molecule has 3 heterocycles. The molecule has 2 aliphatic heterocycles. The third-order valence-electron chi connectivity index (χ3n) is 14.3. The third kappa shape index (κ3) is 7.81. The molecule has 0 unspecified atom stereocenters. The van der Waals surface area contributed by atoms with Crippen LogP contribution in [0.15, 0.2) is 139 Å². The number of rotatable bonds is 8. The normalized spacial score (nSPS) is 17.2. The van der Waals surface area contributed by atoms with Crippen LogP contribution in [-0.4, -0.2) is 21.9 Å². The molecule has 338 valence electrons. The van der Waals surface area contributed by atoms with Crippen LogP contribution in [-0.2, 0) is 31.9 Å². The van der Waals surface area contributed by atoms with E-state index in [1.54, 1.807) is 0 Å². The Bertz CT molecular complexity index is 2920. The van der Waals surface area contributed by atoms with E-state index < -0.39 is 11.1 Å². The Balaban J connectivity index is 0.00000592. The van der Waals surface area contributed by atoms with E-state index in [2.05, 4.69) is 239 Å². The first-order valence-electron chi connectivity index (χ1n) is 23.0. The van der Waals surface area contributed by atoms with Crippen molar-refractivity contribution in [3.8, 4) is 11.5 Å². The van der Waals surface area contributed by atoms with Gasteiger partial charge in [-0.15, -0.1) is 34.9 Å². The molecule has 66 heavy (non-hydrogen) atoms. The summed E-state index contributed by atoms with van der Waals surface area (Å²) >= 11 is 0. The molecule has 1 aromatic heterocycles. The molecule has 0 saturated heterocycles. The van der Waals surface area contributed by atoms with Crippen LogP contribution < -0.4 is 14.5 Å². The van der Waals surface area contributed by atoms with Crippen molar-refractivity contribution in [2.45, 2.75) is 118 Å². The molecule has 2 aliphatic rings. The van der Waals surface area contributed by atoms with E-state index in [4.69, 9.17) is 14.7 Å². The van der Waals surface area contributed by atoms with Crippen LogP contribution in [0.2, 0.25) is 0 Å². The van der Waals surface area contributed by atoms with Gasteiger partial charge in [0.25, 0.3) is 0 Å². The van der Waals surface area contributed by atoms with Crippen LogP contribution in [0.4, 0.5) is 22.9 Å². The molecule has 0 spiro atoms. The predicted molar refractivity (Wildman–Crippen MR) is 270 cm³/mol. The molecule has 0 aliphatic carbocycles. The fourth-order valence-electron chi connectivity index (χ4n) is 10.7. The fourth-order valence-corrected chi connectivity index (χ4v) is 10.7. The number of aromatic nitrogens is 1. The van der Waals surface area contributed by atoms with E-state index in [0.717, 1.165) is 45.3 Å². The van der Waals surface area contributed by atoms with Crippen molar-refractivity contribution < 1.29 is 25.8 Å². The molecular formula is C60H62N4OPt. The number of amidine groups is 1. The number of para-hydroxylation sites is 1. The van der Waals surface area contributed by atoms with Crippen LogP contribution in [0.3, 0.4) is 0 Å². The van der Waals surface area contributed by atoms with Gasteiger partial charge in [0.2, 0.25) is 0 Å². The number of pyridine rings is 1. The molecule has 9 rings (SSSR count). The quantitative estimate of drug-likeness (QED) is 0.142. The first-order valence-corrected chi connectivity index (χ1v) is 23.0. The number of benzene rings is 6.